The Kier molecular flexibility index (Phi) is 8.54. The minimum Gasteiger partial charge on any atom is -0.416 e. The van der Waals surface area contributed by atoms with Gasteiger partial charge in [0.15, 0.2) is 16.6 Å². The van der Waals surface area contributed by atoms with Gasteiger partial charge in [0.2, 0.25) is 0 Å². The molecule has 0 heterocycles. The van der Waals surface area contributed by atoms with Gasteiger partial charge in [0.05, 0.1) is 0 Å². The van der Waals surface area contributed by atoms with Crippen LogP contribution in [-0.4, -0.2) is 41.4 Å². The zero-order chi connectivity index (χ0) is 18.7. The molecule has 0 saturated carbocycles. The van der Waals surface area contributed by atoms with Crippen molar-refractivity contribution in [1.29, 1.82) is 0 Å². The van der Waals surface area contributed by atoms with Gasteiger partial charge in [0.1, 0.15) is 0 Å². The molecule has 23 heavy (non-hydrogen) atoms. The SMILES string of the molecule is CC(C)(C)[Si](C)(C)OCC(CS)(CS)CO[Si](C)(C)C(C)(C)C. The first kappa shape index (κ1) is 24.1. The van der Waals surface area contributed by atoms with E-state index in [9.17, 15) is 0 Å². The molecule has 0 unspecified atom stereocenters. The molecule has 0 spiro atoms. The molecule has 0 aliphatic rings. The average Bonchev–Trinajstić information content (AvgIpc) is 2.37. The summed E-state index contributed by atoms with van der Waals surface area (Å²) >= 11 is 9.22. The summed E-state index contributed by atoms with van der Waals surface area (Å²) in [6.45, 7) is 24.2. The minimum absolute atomic E-state index is 0.114. The summed E-state index contributed by atoms with van der Waals surface area (Å²) in [5.41, 5.74) is -0.114. The summed E-state index contributed by atoms with van der Waals surface area (Å²) in [4.78, 5) is 0. The molecule has 6 heteroatoms. The Hall–Kier alpha value is 1.05. The lowest BCUT2D eigenvalue weighted by Gasteiger charge is -2.43. The lowest BCUT2D eigenvalue weighted by molar-refractivity contribution is 0.103. The average molecular weight is 397 g/mol. The molecule has 0 rings (SSSR count). The van der Waals surface area contributed by atoms with Crippen molar-refractivity contribution in [2.24, 2.45) is 5.41 Å². The zero-order valence-corrected chi connectivity index (χ0v) is 20.8. The van der Waals surface area contributed by atoms with Gasteiger partial charge in [0, 0.05) is 30.1 Å². The van der Waals surface area contributed by atoms with Gasteiger partial charge in [-0.25, -0.2) is 0 Å². The van der Waals surface area contributed by atoms with Gasteiger partial charge in [0.25, 0.3) is 0 Å². The first-order valence-electron chi connectivity index (χ1n) is 8.53. The van der Waals surface area contributed by atoms with Crippen molar-refractivity contribution in [2.45, 2.75) is 77.8 Å². The summed E-state index contributed by atoms with van der Waals surface area (Å²) in [6, 6.07) is 0. The van der Waals surface area contributed by atoms with Crippen LogP contribution in [0.4, 0.5) is 0 Å². The molecular weight excluding hydrogens is 356 g/mol. The van der Waals surface area contributed by atoms with E-state index in [0.717, 1.165) is 11.5 Å². The molecule has 0 fully saturated rings. The van der Waals surface area contributed by atoms with E-state index in [-0.39, 0.29) is 15.5 Å². The van der Waals surface area contributed by atoms with Crippen molar-refractivity contribution in [2.75, 3.05) is 24.7 Å². The highest BCUT2D eigenvalue weighted by Crippen LogP contribution is 2.40. The smallest absolute Gasteiger partial charge is 0.192 e. The van der Waals surface area contributed by atoms with Crippen LogP contribution in [0, 0.1) is 5.41 Å². The maximum Gasteiger partial charge on any atom is 0.192 e. The summed E-state index contributed by atoms with van der Waals surface area (Å²) in [7, 11) is -3.54. The summed E-state index contributed by atoms with van der Waals surface area (Å²) in [6.07, 6.45) is 0. The fourth-order valence-electron chi connectivity index (χ4n) is 1.37. The normalized spacial score (nSPS) is 15.1. The van der Waals surface area contributed by atoms with Gasteiger partial charge < -0.3 is 8.85 Å². The number of hydrogen-bond donors (Lipinski definition) is 2. The van der Waals surface area contributed by atoms with Crippen LogP contribution < -0.4 is 0 Å². The molecule has 2 nitrogen and oxygen atoms in total. The second-order valence-corrected chi connectivity index (χ2v) is 20.2. The van der Waals surface area contributed by atoms with E-state index in [0.29, 0.717) is 13.2 Å². The van der Waals surface area contributed by atoms with Gasteiger partial charge in [-0.2, -0.15) is 25.3 Å². The Morgan fingerprint density at radius 2 is 0.913 bits per heavy atom. The Morgan fingerprint density at radius 1 is 0.652 bits per heavy atom. The molecule has 0 bridgehead atoms. The molecule has 0 saturated heterocycles. The molecule has 0 aliphatic carbocycles. The second-order valence-electron chi connectivity index (χ2n) is 9.91. The van der Waals surface area contributed by atoms with Crippen LogP contribution in [0.2, 0.25) is 36.3 Å². The quantitative estimate of drug-likeness (QED) is 0.394. The number of hydrogen-bond acceptors (Lipinski definition) is 4. The highest BCUT2D eigenvalue weighted by Gasteiger charge is 2.42. The standard InChI is InChI=1S/C17H40O2S2Si2/c1-15(2,3)22(7,8)18-11-17(13-20,14-21)12-19-23(9,10)16(4,5)6/h20-21H,11-14H2,1-10H3. The fraction of sp³-hybridized carbons (Fsp3) is 1.00. The van der Waals surface area contributed by atoms with Crippen molar-refractivity contribution < 1.29 is 8.85 Å². The third kappa shape index (κ3) is 6.70. The van der Waals surface area contributed by atoms with Gasteiger partial charge in [-0.05, 0) is 36.3 Å². The molecule has 140 valence electrons. The van der Waals surface area contributed by atoms with E-state index in [1.807, 2.05) is 0 Å². The predicted molar refractivity (Wildman–Crippen MR) is 116 cm³/mol. The maximum absolute atomic E-state index is 6.47. The van der Waals surface area contributed by atoms with Crippen LogP contribution >= 0.6 is 25.3 Å². The van der Waals surface area contributed by atoms with E-state index < -0.39 is 16.6 Å². The van der Waals surface area contributed by atoms with E-state index >= 15 is 0 Å². The minimum atomic E-state index is -1.77. The highest BCUT2D eigenvalue weighted by atomic mass is 32.1. The molecule has 0 N–H and O–H groups in total. The molecule has 0 atom stereocenters. The molecule has 0 aromatic carbocycles. The van der Waals surface area contributed by atoms with Crippen LogP contribution in [0.5, 0.6) is 0 Å². The molecule has 0 aromatic rings. The third-order valence-electron chi connectivity index (χ3n) is 5.76. The summed E-state index contributed by atoms with van der Waals surface area (Å²) < 4.78 is 12.9. The van der Waals surface area contributed by atoms with Crippen LogP contribution in [0.15, 0.2) is 0 Å². The Labute approximate surface area is 158 Å². The molecule has 0 aliphatic heterocycles. The number of thiol groups is 2. The van der Waals surface area contributed by atoms with Crippen LogP contribution in [0.25, 0.3) is 0 Å². The molecule has 0 aromatic heterocycles. The molecule has 0 radical (unpaired) electrons. The van der Waals surface area contributed by atoms with Gasteiger partial charge in [-0.15, -0.1) is 0 Å². The first-order chi connectivity index (χ1) is 10.0. The highest BCUT2D eigenvalue weighted by molar-refractivity contribution is 7.81. The van der Waals surface area contributed by atoms with E-state index in [2.05, 4.69) is 93.0 Å². The van der Waals surface area contributed by atoms with Crippen LogP contribution in [0.3, 0.4) is 0 Å². The Bertz CT molecular complexity index is 336. The topological polar surface area (TPSA) is 18.5 Å². The predicted octanol–water partition coefficient (Wildman–Crippen LogP) is 5.88. The zero-order valence-electron chi connectivity index (χ0n) is 17.0. The lowest BCUT2D eigenvalue weighted by atomic mass is 9.96. The van der Waals surface area contributed by atoms with Crippen molar-refractivity contribution in [3.8, 4) is 0 Å². The van der Waals surface area contributed by atoms with Crippen molar-refractivity contribution in [3.05, 3.63) is 0 Å². The lowest BCUT2D eigenvalue weighted by Crippen LogP contribution is -2.49. The largest absolute Gasteiger partial charge is 0.416 e. The van der Waals surface area contributed by atoms with E-state index in [1.165, 1.54) is 0 Å². The van der Waals surface area contributed by atoms with Crippen molar-refractivity contribution >= 4 is 41.9 Å². The Morgan fingerprint density at radius 3 is 1.09 bits per heavy atom. The van der Waals surface area contributed by atoms with Crippen molar-refractivity contribution in [1.82, 2.24) is 0 Å². The fourth-order valence-corrected chi connectivity index (χ4v) is 4.34. The summed E-state index contributed by atoms with van der Waals surface area (Å²) in [5.74, 6) is 1.47. The molecule has 0 amide bonds. The first-order valence-corrected chi connectivity index (χ1v) is 15.6. The Balaban J connectivity index is 5.03. The molecular formula is C17H40O2S2Si2. The third-order valence-corrected chi connectivity index (χ3v) is 16.1. The van der Waals surface area contributed by atoms with E-state index in [1.54, 1.807) is 0 Å². The van der Waals surface area contributed by atoms with Gasteiger partial charge in [-0.3, -0.25) is 0 Å². The monoisotopic (exact) mass is 396 g/mol. The van der Waals surface area contributed by atoms with E-state index in [4.69, 9.17) is 8.85 Å². The van der Waals surface area contributed by atoms with Crippen LogP contribution in [-0.2, 0) is 8.85 Å². The number of rotatable bonds is 8. The van der Waals surface area contributed by atoms with Crippen LogP contribution in [0.1, 0.15) is 41.5 Å². The van der Waals surface area contributed by atoms with Gasteiger partial charge >= 0.3 is 0 Å². The van der Waals surface area contributed by atoms with Crippen molar-refractivity contribution in [3.63, 3.8) is 0 Å². The van der Waals surface area contributed by atoms with Gasteiger partial charge in [-0.1, -0.05) is 41.5 Å². The second kappa shape index (κ2) is 8.17. The summed E-state index contributed by atoms with van der Waals surface area (Å²) in [5, 5.41) is 0.429. The maximum atomic E-state index is 6.47.